The predicted octanol–water partition coefficient (Wildman–Crippen LogP) is 3.39. The fraction of sp³-hybridized carbons (Fsp3) is 0.105. The van der Waals surface area contributed by atoms with Crippen LogP contribution in [0.1, 0.15) is 23.6 Å². The lowest BCUT2D eigenvalue weighted by molar-refractivity contribution is -0.0560. The van der Waals surface area contributed by atoms with Crippen LogP contribution in [0.3, 0.4) is 0 Å². The molecule has 7 nitrogen and oxygen atoms in total. The van der Waals surface area contributed by atoms with Crippen LogP contribution >= 0.6 is 0 Å². The maximum Gasteiger partial charge on any atom is 0.339 e. The van der Waals surface area contributed by atoms with Crippen LogP contribution in [0.15, 0.2) is 48.5 Å². The number of hydrogen-bond donors (Lipinski definition) is 2. The number of hydroxylamine groups is 2. The quantitative estimate of drug-likeness (QED) is 0.633. The van der Waals surface area contributed by atoms with Crippen molar-refractivity contribution < 1.29 is 14.7 Å². The lowest BCUT2D eigenvalue weighted by atomic mass is 10.1. The van der Waals surface area contributed by atoms with Crippen LogP contribution in [0.4, 0.5) is 4.79 Å². The summed E-state index contributed by atoms with van der Waals surface area (Å²) in [5, 5.41) is 27.9. The molecule has 2 rings (SSSR count). The van der Waals surface area contributed by atoms with E-state index in [1.165, 1.54) is 6.08 Å². The van der Waals surface area contributed by atoms with Gasteiger partial charge in [0.05, 0.1) is 29.3 Å². The van der Waals surface area contributed by atoms with Crippen LogP contribution in [0.2, 0.25) is 0 Å². The van der Waals surface area contributed by atoms with Gasteiger partial charge in [0.15, 0.2) is 0 Å². The number of carbonyl (C=O) groups is 1. The van der Waals surface area contributed by atoms with Gasteiger partial charge in [0.2, 0.25) is 0 Å². The molecule has 26 heavy (non-hydrogen) atoms. The molecule has 0 radical (unpaired) electrons. The van der Waals surface area contributed by atoms with Crippen molar-refractivity contribution in [2.45, 2.75) is 13.0 Å². The Morgan fingerprint density at radius 2 is 1.85 bits per heavy atom. The molecular weight excluding hydrogens is 332 g/mol. The fourth-order valence-electron chi connectivity index (χ4n) is 2.10. The average molecular weight is 348 g/mol. The Morgan fingerprint density at radius 1 is 1.19 bits per heavy atom. The second kappa shape index (κ2) is 8.34. The Labute approximate surface area is 150 Å². The van der Waals surface area contributed by atoms with E-state index < -0.39 is 12.1 Å². The lowest BCUT2D eigenvalue weighted by Crippen LogP contribution is -2.38. The summed E-state index contributed by atoms with van der Waals surface area (Å²) in [6, 6.07) is 14.0. The normalized spacial score (nSPS) is 11.4. The van der Waals surface area contributed by atoms with Crippen LogP contribution < -0.4 is 10.5 Å². The predicted molar refractivity (Wildman–Crippen MR) is 94.1 cm³/mol. The SMILES string of the molecule is CC(/C=C/c1cc(Oc2ccc(C#N)cc2)ccc1C#N)N(O)C(N)=O. The molecule has 0 bridgehead atoms. The summed E-state index contributed by atoms with van der Waals surface area (Å²) in [4.78, 5) is 11.0. The van der Waals surface area contributed by atoms with Gasteiger partial charge in [-0.15, -0.1) is 0 Å². The molecule has 0 saturated heterocycles. The van der Waals surface area contributed by atoms with E-state index in [0.29, 0.717) is 33.3 Å². The first-order valence-corrected chi connectivity index (χ1v) is 7.62. The van der Waals surface area contributed by atoms with E-state index in [1.54, 1.807) is 55.5 Å². The minimum Gasteiger partial charge on any atom is -0.457 e. The zero-order chi connectivity index (χ0) is 19.1. The van der Waals surface area contributed by atoms with Crippen molar-refractivity contribution in [3.63, 3.8) is 0 Å². The molecule has 1 unspecified atom stereocenters. The van der Waals surface area contributed by atoms with Crippen LogP contribution in [-0.4, -0.2) is 22.3 Å². The summed E-state index contributed by atoms with van der Waals surface area (Å²) in [5.41, 5.74) is 6.49. The van der Waals surface area contributed by atoms with Crippen molar-refractivity contribution in [2.75, 3.05) is 0 Å². The number of ether oxygens (including phenoxy) is 1. The molecule has 0 heterocycles. The maximum atomic E-state index is 11.0. The number of rotatable bonds is 5. The van der Waals surface area contributed by atoms with Crippen LogP contribution in [0.25, 0.3) is 6.08 Å². The third kappa shape index (κ3) is 4.60. The molecule has 0 spiro atoms. The first-order valence-electron chi connectivity index (χ1n) is 7.62. The molecule has 3 N–H and O–H groups in total. The van der Waals surface area contributed by atoms with Crippen molar-refractivity contribution in [3.05, 3.63) is 65.2 Å². The average Bonchev–Trinajstić information content (AvgIpc) is 2.66. The summed E-state index contributed by atoms with van der Waals surface area (Å²) in [6.45, 7) is 1.57. The van der Waals surface area contributed by atoms with E-state index in [2.05, 4.69) is 6.07 Å². The number of nitrogens with zero attached hydrogens (tertiary/aromatic N) is 3. The monoisotopic (exact) mass is 348 g/mol. The highest BCUT2D eigenvalue weighted by molar-refractivity contribution is 5.71. The Hall–Kier alpha value is -3.81. The van der Waals surface area contributed by atoms with Gasteiger partial charge in [0.25, 0.3) is 0 Å². The molecule has 1 atom stereocenters. The van der Waals surface area contributed by atoms with E-state index in [1.807, 2.05) is 6.07 Å². The smallest absolute Gasteiger partial charge is 0.339 e. The van der Waals surface area contributed by atoms with E-state index in [9.17, 15) is 15.3 Å². The lowest BCUT2D eigenvalue weighted by Gasteiger charge is -2.16. The van der Waals surface area contributed by atoms with Gasteiger partial charge in [-0.05, 0) is 55.0 Å². The summed E-state index contributed by atoms with van der Waals surface area (Å²) in [5.74, 6) is 1.05. The van der Waals surface area contributed by atoms with Crippen LogP contribution in [0, 0.1) is 22.7 Å². The van der Waals surface area contributed by atoms with Crippen LogP contribution in [0.5, 0.6) is 11.5 Å². The topological polar surface area (TPSA) is 123 Å². The number of primary amides is 1. The summed E-state index contributed by atoms with van der Waals surface area (Å²) < 4.78 is 5.72. The molecule has 0 aliphatic heterocycles. The molecule has 2 aromatic rings. The molecule has 0 saturated carbocycles. The van der Waals surface area contributed by atoms with Gasteiger partial charge in [-0.2, -0.15) is 15.6 Å². The van der Waals surface area contributed by atoms with Gasteiger partial charge in [-0.25, -0.2) is 4.79 Å². The summed E-state index contributed by atoms with van der Waals surface area (Å²) in [7, 11) is 0. The standard InChI is InChI=1S/C19H16N4O3/c1-13(23(25)19(22)24)2-5-15-10-18(9-6-16(15)12-21)26-17-7-3-14(11-20)4-8-17/h2-10,13,25H,1H3,(H2,22,24)/b5-2+. The van der Waals surface area contributed by atoms with Gasteiger partial charge in [0.1, 0.15) is 11.5 Å². The molecule has 130 valence electrons. The minimum absolute atomic E-state index is 0.389. The largest absolute Gasteiger partial charge is 0.457 e. The zero-order valence-corrected chi connectivity index (χ0v) is 14.0. The Balaban J connectivity index is 2.23. The number of nitriles is 2. The van der Waals surface area contributed by atoms with Gasteiger partial charge in [0, 0.05) is 0 Å². The van der Waals surface area contributed by atoms with Crippen molar-refractivity contribution in [3.8, 4) is 23.6 Å². The number of benzene rings is 2. The highest BCUT2D eigenvalue weighted by Crippen LogP contribution is 2.25. The number of hydrogen-bond acceptors (Lipinski definition) is 5. The first-order chi connectivity index (χ1) is 12.4. The summed E-state index contributed by atoms with van der Waals surface area (Å²) in [6.07, 6.45) is 3.13. The number of amides is 2. The number of carbonyl (C=O) groups excluding carboxylic acids is 1. The molecule has 7 heteroatoms. The maximum absolute atomic E-state index is 11.0. The second-order valence-corrected chi connectivity index (χ2v) is 5.38. The first kappa shape index (κ1) is 18.5. The van der Waals surface area contributed by atoms with Crippen LogP contribution in [-0.2, 0) is 0 Å². The Kier molecular flexibility index (Phi) is 5.94. The third-order valence-electron chi connectivity index (χ3n) is 3.53. The van der Waals surface area contributed by atoms with E-state index in [-0.39, 0.29) is 0 Å². The molecule has 2 amide bonds. The number of nitrogens with two attached hydrogens (primary N) is 1. The van der Waals surface area contributed by atoms with E-state index in [0.717, 1.165) is 0 Å². The highest BCUT2D eigenvalue weighted by atomic mass is 16.5. The minimum atomic E-state index is -0.972. The second-order valence-electron chi connectivity index (χ2n) is 5.38. The molecular formula is C19H16N4O3. The van der Waals surface area contributed by atoms with Crippen molar-refractivity contribution >= 4 is 12.1 Å². The summed E-state index contributed by atoms with van der Waals surface area (Å²) >= 11 is 0. The molecule has 0 fully saturated rings. The zero-order valence-electron chi connectivity index (χ0n) is 14.0. The number of urea groups is 1. The van der Waals surface area contributed by atoms with Crippen molar-refractivity contribution in [1.82, 2.24) is 5.06 Å². The third-order valence-corrected chi connectivity index (χ3v) is 3.53. The molecule has 0 aliphatic rings. The Morgan fingerprint density at radius 3 is 2.42 bits per heavy atom. The van der Waals surface area contributed by atoms with Gasteiger partial charge < -0.3 is 10.5 Å². The molecule has 0 aliphatic carbocycles. The highest BCUT2D eigenvalue weighted by Gasteiger charge is 2.12. The van der Waals surface area contributed by atoms with Gasteiger partial charge in [-0.1, -0.05) is 12.2 Å². The Bertz CT molecular complexity index is 908. The van der Waals surface area contributed by atoms with Crippen molar-refractivity contribution in [1.29, 1.82) is 10.5 Å². The van der Waals surface area contributed by atoms with Gasteiger partial charge >= 0.3 is 6.03 Å². The molecule has 2 aromatic carbocycles. The van der Waals surface area contributed by atoms with E-state index in [4.69, 9.17) is 15.7 Å². The van der Waals surface area contributed by atoms with E-state index >= 15 is 0 Å². The molecule has 0 aromatic heterocycles. The fourth-order valence-corrected chi connectivity index (χ4v) is 2.10. The van der Waals surface area contributed by atoms with Gasteiger partial charge in [-0.3, -0.25) is 5.21 Å². The van der Waals surface area contributed by atoms with Crippen molar-refractivity contribution in [2.24, 2.45) is 5.73 Å².